The molecule has 2 aromatic rings. The van der Waals surface area contributed by atoms with E-state index in [1.165, 1.54) is 5.56 Å². The number of rotatable bonds is 2. The Morgan fingerprint density at radius 3 is 2.00 bits per heavy atom. The molecule has 0 radical (unpaired) electrons. The lowest BCUT2D eigenvalue weighted by Gasteiger charge is -1.89. The van der Waals surface area contributed by atoms with Crippen LogP contribution in [0.2, 0.25) is 0 Å². The summed E-state index contributed by atoms with van der Waals surface area (Å²) in [6.07, 6.45) is 0.847. The average Bonchev–Trinajstić information content (AvgIpc) is 2.41. The van der Waals surface area contributed by atoms with Crippen LogP contribution in [-0.4, -0.2) is 11.4 Å². The highest BCUT2D eigenvalue weighted by Crippen LogP contribution is 1.99. The van der Waals surface area contributed by atoms with Crippen molar-refractivity contribution in [3.05, 3.63) is 71.3 Å². The Morgan fingerprint density at radius 1 is 1.00 bits per heavy atom. The Balaban J connectivity index is 0.000000171. The molecule has 0 bridgehead atoms. The van der Waals surface area contributed by atoms with Crippen molar-refractivity contribution in [2.75, 3.05) is 0 Å². The molecule has 88 valence electrons. The van der Waals surface area contributed by atoms with Crippen LogP contribution >= 0.6 is 0 Å². The Hall–Kier alpha value is -1.93. The van der Waals surface area contributed by atoms with E-state index in [0.29, 0.717) is 0 Å². The van der Waals surface area contributed by atoms with E-state index < -0.39 is 0 Å². The standard InChI is InChI=1S/C8H8O.C7H8O/c1-7-2-4-8(6-9)5-3-7;8-6-7-4-2-1-3-5-7/h2-6H,1H3;1-5,8H,6H2. The van der Waals surface area contributed by atoms with Crippen LogP contribution in [0.15, 0.2) is 54.6 Å². The molecule has 17 heavy (non-hydrogen) atoms. The minimum Gasteiger partial charge on any atom is -0.392 e. The van der Waals surface area contributed by atoms with Crippen molar-refractivity contribution >= 4 is 6.29 Å². The number of hydrogen-bond acceptors (Lipinski definition) is 2. The predicted octanol–water partition coefficient (Wildman–Crippen LogP) is 2.99. The zero-order chi connectivity index (χ0) is 12.5. The molecule has 2 heteroatoms. The monoisotopic (exact) mass is 228 g/mol. The number of aryl methyl sites for hydroxylation is 1. The number of benzene rings is 2. The van der Waals surface area contributed by atoms with Crippen molar-refractivity contribution in [3.8, 4) is 0 Å². The van der Waals surface area contributed by atoms with Crippen LogP contribution in [0.3, 0.4) is 0 Å². The number of carbonyl (C=O) groups excluding carboxylic acids is 1. The molecule has 2 rings (SSSR count). The van der Waals surface area contributed by atoms with E-state index >= 15 is 0 Å². The first kappa shape index (κ1) is 13.1. The lowest BCUT2D eigenvalue weighted by molar-refractivity contribution is 0.112. The van der Waals surface area contributed by atoms with E-state index in [1.807, 2.05) is 61.5 Å². The first-order valence-electron chi connectivity index (χ1n) is 5.43. The summed E-state index contributed by atoms with van der Waals surface area (Å²) < 4.78 is 0. The Kier molecular flexibility index (Phi) is 5.69. The highest BCUT2D eigenvalue weighted by atomic mass is 16.3. The van der Waals surface area contributed by atoms with E-state index in [4.69, 9.17) is 5.11 Å². The van der Waals surface area contributed by atoms with Crippen LogP contribution in [0.25, 0.3) is 0 Å². The van der Waals surface area contributed by atoms with Crippen LogP contribution in [0.4, 0.5) is 0 Å². The summed E-state index contributed by atoms with van der Waals surface area (Å²) in [6, 6.07) is 17.0. The van der Waals surface area contributed by atoms with Gasteiger partial charge in [0.15, 0.2) is 0 Å². The maximum absolute atomic E-state index is 10.1. The molecule has 0 aliphatic rings. The Morgan fingerprint density at radius 2 is 1.59 bits per heavy atom. The summed E-state index contributed by atoms with van der Waals surface area (Å²) >= 11 is 0. The highest BCUT2D eigenvalue weighted by Gasteiger charge is 1.85. The molecular weight excluding hydrogens is 212 g/mol. The van der Waals surface area contributed by atoms with Crippen LogP contribution in [0, 0.1) is 6.92 Å². The lowest BCUT2D eigenvalue weighted by atomic mass is 10.2. The summed E-state index contributed by atoms with van der Waals surface area (Å²) in [4.78, 5) is 10.1. The number of hydrogen-bond donors (Lipinski definition) is 1. The zero-order valence-corrected chi connectivity index (χ0v) is 9.84. The van der Waals surface area contributed by atoms with Crippen LogP contribution in [0.1, 0.15) is 21.5 Å². The molecule has 0 atom stereocenters. The summed E-state index contributed by atoms with van der Waals surface area (Å²) in [5.74, 6) is 0. The second-order valence-electron chi connectivity index (χ2n) is 3.67. The maximum atomic E-state index is 10.1. The molecule has 0 saturated heterocycles. The number of aliphatic hydroxyl groups excluding tert-OH is 1. The highest BCUT2D eigenvalue weighted by molar-refractivity contribution is 5.74. The van der Waals surface area contributed by atoms with Crippen molar-refractivity contribution in [1.29, 1.82) is 0 Å². The second-order valence-corrected chi connectivity index (χ2v) is 3.67. The fourth-order valence-electron chi connectivity index (χ4n) is 1.23. The third-order valence-corrected chi connectivity index (χ3v) is 2.24. The molecule has 2 aromatic carbocycles. The van der Waals surface area contributed by atoms with Gasteiger partial charge in [0.2, 0.25) is 0 Å². The van der Waals surface area contributed by atoms with Crippen LogP contribution < -0.4 is 0 Å². The van der Waals surface area contributed by atoms with Crippen molar-refractivity contribution in [2.45, 2.75) is 13.5 Å². The number of carbonyl (C=O) groups is 1. The fourth-order valence-corrected chi connectivity index (χ4v) is 1.23. The smallest absolute Gasteiger partial charge is 0.150 e. The molecule has 0 unspecified atom stereocenters. The molecule has 0 heterocycles. The van der Waals surface area contributed by atoms with E-state index in [0.717, 1.165) is 17.4 Å². The average molecular weight is 228 g/mol. The van der Waals surface area contributed by atoms with Gasteiger partial charge in [-0.3, -0.25) is 4.79 Å². The summed E-state index contributed by atoms with van der Waals surface area (Å²) in [6.45, 7) is 2.13. The molecule has 1 N–H and O–H groups in total. The third-order valence-electron chi connectivity index (χ3n) is 2.24. The van der Waals surface area contributed by atoms with Gasteiger partial charge in [0.05, 0.1) is 6.61 Å². The van der Waals surface area contributed by atoms with Gasteiger partial charge in [0.25, 0.3) is 0 Å². The van der Waals surface area contributed by atoms with Crippen molar-refractivity contribution in [3.63, 3.8) is 0 Å². The van der Waals surface area contributed by atoms with Crippen LogP contribution in [0.5, 0.6) is 0 Å². The molecule has 0 aromatic heterocycles. The molecule has 0 saturated carbocycles. The molecule has 0 aliphatic carbocycles. The van der Waals surface area contributed by atoms with E-state index in [1.54, 1.807) is 0 Å². The zero-order valence-electron chi connectivity index (χ0n) is 9.84. The van der Waals surface area contributed by atoms with Crippen molar-refractivity contribution in [2.24, 2.45) is 0 Å². The lowest BCUT2D eigenvalue weighted by Crippen LogP contribution is -1.77. The van der Waals surface area contributed by atoms with Gasteiger partial charge in [0.1, 0.15) is 6.29 Å². The summed E-state index contributed by atoms with van der Waals surface area (Å²) in [7, 11) is 0. The first-order valence-corrected chi connectivity index (χ1v) is 5.43. The molecule has 2 nitrogen and oxygen atoms in total. The van der Waals surface area contributed by atoms with Crippen molar-refractivity contribution < 1.29 is 9.90 Å². The molecule has 0 aliphatic heterocycles. The normalized spacial score (nSPS) is 9.06. The maximum Gasteiger partial charge on any atom is 0.150 e. The van der Waals surface area contributed by atoms with Gasteiger partial charge in [-0.2, -0.15) is 0 Å². The quantitative estimate of drug-likeness (QED) is 0.802. The molecule has 0 fully saturated rings. The summed E-state index contributed by atoms with van der Waals surface area (Å²) in [5.41, 5.74) is 2.88. The van der Waals surface area contributed by atoms with Crippen molar-refractivity contribution in [1.82, 2.24) is 0 Å². The Labute approximate surface area is 102 Å². The third kappa shape index (κ3) is 5.09. The topological polar surface area (TPSA) is 37.3 Å². The Bertz CT molecular complexity index is 432. The van der Waals surface area contributed by atoms with E-state index in [2.05, 4.69) is 0 Å². The fraction of sp³-hybridized carbons (Fsp3) is 0.133. The van der Waals surface area contributed by atoms with Gasteiger partial charge in [-0.15, -0.1) is 0 Å². The van der Waals surface area contributed by atoms with Gasteiger partial charge < -0.3 is 5.11 Å². The van der Waals surface area contributed by atoms with E-state index in [9.17, 15) is 4.79 Å². The second kappa shape index (κ2) is 7.36. The predicted molar refractivity (Wildman–Crippen MR) is 68.9 cm³/mol. The van der Waals surface area contributed by atoms with Gasteiger partial charge in [-0.05, 0) is 12.5 Å². The van der Waals surface area contributed by atoms with Gasteiger partial charge in [0, 0.05) is 5.56 Å². The van der Waals surface area contributed by atoms with Gasteiger partial charge in [-0.1, -0.05) is 60.2 Å². The van der Waals surface area contributed by atoms with Gasteiger partial charge >= 0.3 is 0 Å². The number of aldehydes is 1. The summed E-state index contributed by atoms with van der Waals surface area (Å²) in [5, 5.41) is 8.54. The van der Waals surface area contributed by atoms with Crippen LogP contribution in [-0.2, 0) is 6.61 Å². The minimum atomic E-state index is 0.140. The number of aliphatic hydroxyl groups is 1. The van der Waals surface area contributed by atoms with E-state index in [-0.39, 0.29) is 6.61 Å². The first-order chi connectivity index (χ1) is 8.26. The molecular formula is C15H16O2. The largest absolute Gasteiger partial charge is 0.392 e. The minimum absolute atomic E-state index is 0.140. The van der Waals surface area contributed by atoms with Gasteiger partial charge in [-0.25, -0.2) is 0 Å². The molecule has 0 amide bonds. The SMILES string of the molecule is Cc1ccc(C=O)cc1.OCc1ccccc1. The molecule has 0 spiro atoms.